The van der Waals surface area contributed by atoms with Gasteiger partial charge in [0.2, 0.25) is 10.0 Å². The zero-order valence-corrected chi connectivity index (χ0v) is 20.1. The smallest absolute Gasteiger partial charge is 0.337 e. The van der Waals surface area contributed by atoms with Gasteiger partial charge in [0.05, 0.1) is 22.5 Å². The maximum Gasteiger partial charge on any atom is 0.337 e. The number of hydrogen-bond donors (Lipinski definition) is 2. The van der Waals surface area contributed by atoms with Crippen LogP contribution in [0.4, 0.5) is 11.4 Å². The molecule has 1 aliphatic heterocycles. The van der Waals surface area contributed by atoms with Crippen LogP contribution in [0.3, 0.4) is 0 Å². The molecule has 11 heteroatoms. The predicted molar refractivity (Wildman–Crippen MR) is 129 cm³/mol. The van der Waals surface area contributed by atoms with E-state index in [1.807, 2.05) is 6.92 Å². The number of aromatic carboxylic acids is 1. The third-order valence-electron chi connectivity index (χ3n) is 5.17. The number of carbonyl (C=O) groups is 1. The summed E-state index contributed by atoms with van der Waals surface area (Å²) in [6.07, 6.45) is 1.31. The van der Waals surface area contributed by atoms with Gasteiger partial charge in [0.1, 0.15) is 4.90 Å². The van der Waals surface area contributed by atoms with Gasteiger partial charge in [-0.05, 0) is 42.8 Å². The summed E-state index contributed by atoms with van der Waals surface area (Å²) in [6.45, 7) is 2.61. The van der Waals surface area contributed by atoms with Crippen LogP contribution in [0.1, 0.15) is 15.9 Å². The van der Waals surface area contributed by atoms with Crippen molar-refractivity contribution in [2.45, 2.75) is 11.8 Å². The Balaban J connectivity index is 1.95. The van der Waals surface area contributed by atoms with E-state index < -0.39 is 16.0 Å². The van der Waals surface area contributed by atoms with E-state index in [9.17, 15) is 18.3 Å². The molecule has 4 rings (SSSR count). The summed E-state index contributed by atoms with van der Waals surface area (Å²) in [5.41, 5.74) is 1.67. The Labute approximate surface area is 199 Å². The lowest BCUT2D eigenvalue weighted by Crippen LogP contribution is -2.38. The second kappa shape index (κ2) is 9.07. The first-order valence-electron chi connectivity index (χ1n) is 9.65. The number of aryl methyl sites for hydroxylation is 1. The quantitative estimate of drug-likeness (QED) is 0.495. The zero-order chi connectivity index (χ0) is 23.0. The van der Waals surface area contributed by atoms with E-state index in [1.165, 1.54) is 28.7 Å². The van der Waals surface area contributed by atoms with Gasteiger partial charge in [-0.2, -0.15) is 16.1 Å². The monoisotopic (exact) mass is 511 g/mol. The molecule has 0 amide bonds. The van der Waals surface area contributed by atoms with Gasteiger partial charge in [-0.15, -0.1) is 0 Å². The second-order valence-corrected chi connectivity index (χ2v) is 11.2. The lowest BCUT2D eigenvalue weighted by atomic mass is 10.1. The Bertz CT molecular complexity index is 1330. The Morgan fingerprint density at radius 1 is 1.19 bits per heavy atom. The fourth-order valence-electron chi connectivity index (χ4n) is 3.49. The minimum absolute atomic E-state index is 0.0388. The second-order valence-electron chi connectivity index (χ2n) is 7.25. The Kier molecular flexibility index (Phi) is 6.56. The van der Waals surface area contributed by atoms with Gasteiger partial charge < -0.3 is 10.4 Å². The molecule has 0 bridgehead atoms. The molecule has 2 aromatic carbocycles. The number of benzene rings is 2. The summed E-state index contributed by atoms with van der Waals surface area (Å²) in [4.78, 5) is 16.1. The molecular formula is C21H19Cl2N3O4S2. The van der Waals surface area contributed by atoms with Crippen molar-refractivity contribution in [2.75, 3.05) is 29.9 Å². The van der Waals surface area contributed by atoms with Crippen molar-refractivity contribution >= 4 is 73.2 Å². The number of aromatic nitrogens is 1. The first kappa shape index (κ1) is 23.1. The number of hydrogen-bond acceptors (Lipinski definition) is 6. The molecule has 0 radical (unpaired) electrons. The average Bonchev–Trinajstić information content (AvgIpc) is 2.76. The first-order valence-corrected chi connectivity index (χ1v) is 13.0. The molecule has 0 saturated carbocycles. The van der Waals surface area contributed by atoms with Crippen LogP contribution in [-0.4, -0.2) is 53.4 Å². The van der Waals surface area contributed by atoms with Crippen LogP contribution in [0.25, 0.3) is 10.9 Å². The van der Waals surface area contributed by atoms with Crippen molar-refractivity contribution in [2.24, 2.45) is 0 Å². The van der Waals surface area contributed by atoms with Crippen molar-refractivity contribution in [3.63, 3.8) is 0 Å². The number of anilines is 2. The third-order valence-corrected chi connectivity index (χ3v) is 8.67. The molecule has 1 aliphatic rings. The summed E-state index contributed by atoms with van der Waals surface area (Å²) in [5.74, 6) is 0.211. The molecule has 0 spiro atoms. The summed E-state index contributed by atoms with van der Waals surface area (Å²) < 4.78 is 28.5. The third kappa shape index (κ3) is 4.40. The largest absolute Gasteiger partial charge is 0.478 e. The Hall–Kier alpha value is -2.04. The molecular weight excluding hydrogens is 493 g/mol. The van der Waals surface area contributed by atoms with Crippen LogP contribution in [0.2, 0.25) is 10.0 Å². The highest BCUT2D eigenvalue weighted by atomic mass is 35.5. The fourth-order valence-corrected chi connectivity index (χ4v) is 6.50. The van der Waals surface area contributed by atoms with E-state index in [-0.39, 0.29) is 26.9 Å². The maximum absolute atomic E-state index is 13.5. The van der Waals surface area contributed by atoms with E-state index >= 15 is 0 Å². The summed E-state index contributed by atoms with van der Waals surface area (Å²) in [7, 11) is -3.89. The molecule has 1 saturated heterocycles. The number of rotatable bonds is 5. The fraction of sp³-hybridized carbons (Fsp3) is 0.238. The molecule has 7 nitrogen and oxygen atoms in total. The molecule has 32 heavy (non-hydrogen) atoms. The number of fused-ring (bicyclic) bond motifs is 1. The zero-order valence-electron chi connectivity index (χ0n) is 16.9. The summed E-state index contributed by atoms with van der Waals surface area (Å²) >= 11 is 14.0. The van der Waals surface area contributed by atoms with Crippen molar-refractivity contribution in [3.05, 3.63) is 57.7 Å². The predicted octanol–water partition coefficient (Wildman–Crippen LogP) is 5.03. The van der Waals surface area contributed by atoms with Crippen LogP contribution < -0.4 is 5.32 Å². The van der Waals surface area contributed by atoms with Crippen LogP contribution >= 0.6 is 35.0 Å². The molecule has 2 N–H and O–H groups in total. The topological polar surface area (TPSA) is 99.6 Å². The normalized spacial score (nSPS) is 15.1. The highest BCUT2D eigenvalue weighted by molar-refractivity contribution is 7.99. The minimum atomic E-state index is -3.89. The lowest BCUT2D eigenvalue weighted by Gasteiger charge is -2.27. The van der Waals surface area contributed by atoms with Gasteiger partial charge in [-0.3, -0.25) is 4.98 Å². The van der Waals surface area contributed by atoms with Crippen molar-refractivity contribution < 1.29 is 18.3 Å². The van der Waals surface area contributed by atoms with Gasteiger partial charge in [-0.1, -0.05) is 23.2 Å². The number of pyridine rings is 1. The number of nitrogens with one attached hydrogen (secondary N) is 1. The standard InChI is InChI=1S/C21H19Cl2N3O4S2/c1-12-8-18-14(10-16(12)23)20(25-17-3-2-13(22)9-15(17)21(27)28)19(11-24-18)32(29,30)26-4-6-31-7-5-26/h2-3,8-11H,4-7H2,1H3,(H,24,25)(H,27,28). The van der Waals surface area contributed by atoms with Crippen molar-refractivity contribution in [1.29, 1.82) is 0 Å². The highest BCUT2D eigenvalue weighted by Crippen LogP contribution is 2.37. The molecule has 1 aromatic heterocycles. The molecule has 1 fully saturated rings. The Morgan fingerprint density at radius 2 is 1.91 bits per heavy atom. The van der Waals surface area contributed by atoms with E-state index in [0.717, 1.165) is 5.56 Å². The maximum atomic E-state index is 13.5. The van der Waals surface area contributed by atoms with E-state index in [0.29, 0.717) is 40.5 Å². The molecule has 2 heterocycles. The van der Waals surface area contributed by atoms with Gasteiger partial charge in [0.15, 0.2) is 0 Å². The Morgan fingerprint density at radius 3 is 2.59 bits per heavy atom. The van der Waals surface area contributed by atoms with Gasteiger partial charge in [-0.25, -0.2) is 13.2 Å². The molecule has 168 valence electrons. The van der Waals surface area contributed by atoms with E-state index in [4.69, 9.17) is 23.2 Å². The van der Waals surface area contributed by atoms with Crippen molar-refractivity contribution in [1.82, 2.24) is 9.29 Å². The van der Waals surface area contributed by atoms with Crippen LogP contribution in [0.5, 0.6) is 0 Å². The first-order chi connectivity index (χ1) is 15.2. The number of carboxylic acid groups (broad SMARTS) is 1. The van der Waals surface area contributed by atoms with Gasteiger partial charge in [0, 0.05) is 46.2 Å². The highest BCUT2D eigenvalue weighted by Gasteiger charge is 2.30. The van der Waals surface area contributed by atoms with Gasteiger partial charge in [0.25, 0.3) is 0 Å². The molecule has 0 aliphatic carbocycles. The minimum Gasteiger partial charge on any atom is -0.478 e. The molecule has 3 aromatic rings. The number of carboxylic acids is 1. The van der Waals surface area contributed by atoms with Gasteiger partial charge >= 0.3 is 5.97 Å². The number of nitrogens with zero attached hydrogens (tertiary/aromatic N) is 2. The summed E-state index contributed by atoms with van der Waals surface area (Å²) in [5, 5.41) is 13.8. The van der Waals surface area contributed by atoms with Crippen LogP contribution in [0.15, 0.2) is 41.4 Å². The van der Waals surface area contributed by atoms with Crippen LogP contribution in [-0.2, 0) is 10.0 Å². The van der Waals surface area contributed by atoms with Crippen molar-refractivity contribution in [3.8, 4) is 0 Å². The van der Waals surface area contributed by atoms with E-state index in [1.54, 1.807) is 23.9 Å². The number of thioether (sulfide) groups is 1. The SMILES string of the molecule is Cc1cc2ncc(S(=O)(=O)N3CCSCC3)c(Nc3ccc(Cl)cc3C(=O)O)c2cc1Cl. The average molecular weight is 512 g/mol. The molecule has 0 unspecified atom stereocenters. The summed E-state index contributed by atoms with van der Waals surface area (Å²) in [6, 6.07) is 7.75. The van der Waals surface area contributed by atoms with E-state index in [2.05, 4.69) is 10.3 Å². The number of sulfonamides is 1. The number of halogens is 2. The molecule has 0 atom stereocenters. The van der Waals surface area contributed by atoms with Crippen LogP contribution in [0, 0.1) is 6.92 Å². The lowest BCUT2D eigenvalue weighted by molar-refractivity contribution is 0.0698.